The molecule has 1 aromatic carbocycles. The van der Waals surface area contributed by atoms with Crippen molar-refractivity contribution in [2.45, 2.75) is 4.90 Å². The average Bonchev–Trinajstić information content (AvgIpc) is 2.81. The van der Waals surface area contributed by atoms with Crippen molar-refractivity contribution in [2.75, 3.05) is 6.26 Å². The number of nitrogens with zero attached hydrogens (tertiary/aromatic N) is 2. The maximum atomic E-state index is 12.4. The fourth-order valence-corrected chi connectivity index (χ4v) is 3.12. The van der Waals surface area contributed by atoms with Gasteiger partial charge in [-0.2, -0.15) is 4.36 Å². The summed E-state index contributed by atoms with van der Waals surface area (Å²) in [5.41, 5.74) is 0.696. The zero-order valence-corrected chi connectivity index (χ0v) is 9.98. The molecule has 4 nitrogen and oxygen atoms in total. The molecule has 2 heterocycles. The molecule has 3 rings (SSSR count). The van der Waals surface area contributed by atoms with E-state index >= 15 is 0 Å². The molecule has 0 fully saturated rings. The normalized spacial score (nSPS) is 22.5. The quantitative estimate of drug-likeness (QED) is 0.776. The molecule has 0 saturated carbocycles. The zero-order chi connectivity index (χ0) is 11.9. The molecular weight excluding hydrogens is 236 g/mol. The van der Waals surface area contributed by atoms with Gasteiger partial charge in [-0.1, -0.05) is 12.1 Å². The number of amidine groups is 1. The van der Waals surface area contributed by atoms with Crippen LogP contribution in [0.1, 0.15) is 5.76 Å². The van der Waals surface area contributed by atoms with Crippen LogP contribution in [0.5, 0.6) is 0 Å². The lowest BCUT2D eigenvalue weighted by Gasteiger charge is -2.13. The third-order valence-electron chi connectivity index (χ3n) is 2.50. The van der Waals surface area contributed by atoms with Crippen molar-refractivity contribution < 1.29 is 8.63 Å². The van der Waals surface area contributed by atoms with E-state index in [1.54, 1.807) is 30.7 Å². The Morgan fingerprint density at radius 1 is 1.18 bits per heavy atom. The van der Waals surface area contributed by atoms with Crippen molar-refractivity contribution in [1.29, 1.82) is 0 Å². The number of aliphatic imine (C=N–C) groups is 1. The minimum absolute atomic E-state index is 0.390. The Morgan fingerprint density at radius 3 is 2.76 bits per heavy atom. The first-order valence-electron chi connectivity index (χ1n) is 5.10. The Labute approximate surface area is 99.2 Å². The summed E-state index contributed by atoms with van der Waals surface area (Å²) in [6.07, 6.45) is 3.16. The first kappa shape index (κ1) is 10.3. The lowest BCUT2D eigenvalue weighted by Crippen LogP contribution is -2.08. The van der Waals surface area contributed by atoms with Gasteiger partial charge in [0, 0.05) is 6.26 Å². The monoisotopic (exact) mass is 246 g/mol. The minimum Gasteiger partial charge on any atom is -0.461 e. The molecule has 0 amide bonds. The molecule has 5 heteroatoms. The molecule has 0 bridgehead atoms. The van der Waals surface area contributed by atoms with Gasteiger partial charge in [0.2, 0.25) is 5.84 Å². The number of hydrogen-bond acceptors (Lipinski definition) is 4. The number of fused-ring (bicyclic) bond motifs is 1. The second-order valence-electron chi connectivity index (χ2n) is 3.77. The number of rotatable bonds is 1. The molecule has 86 valence electrons. The van der Waals surface area contributed by atoms with Gasteiger partial charge >= 0.3 is 0 Å². The minimum atomic E-state index is -2.43. The van der Waals surface area contributed by atoms with E-state index in [-0.39, 0.29) is 0 Å². The largest absolute Gasteiger partial charge is 0.461 e. The number of para-hydroxylation sites is 1. The molecule has 1 aromatic heterocycles. The smallest absolute Gasteiger partial charge is 0.205 e. The van der Waals surface area contributed by atoms with E-state index < -0.39 is 9.73 Å². The molecule has 1 aliphatic rings. The summed E-state index contributed by atoms with van der Waals surface area (Å²) in [4.78, 5) is 5.04. The number of furan rings is 1. The Hall–Kier alpha value is -1.88. The lowest BCUT2D eigenvalue weighted by atomic mass is 10.3. The summed E-state index contributed by atoms with van der Waals surface area (Å²) >= 11 is 0. The van der Waals surface area contributed by atoms with Crippen LogP contribution in [-0.2, 0) is 9.73 Å². The van der Waals surface area contributed by atoms with Gasteiger partial charge in [-0.05, 0) is 24.3 Å². The molecule has 0 spiro atoms. The van der Waals surface area contributed by atoms with Crippen LogP contribution >= 0.6 is 0 Å². The molecule has 1 unspecified atom stereocenters. The van der Waals surface area contributed by atoms with E-state index in [1.165, 1.54) is 0 Å². The van der Waals surface area contributed by atoms with E-state index in [2.05, 4.69) is 9.36 Å². The lowest BCUT2D eigenvalue weighted by molar-refractivity contribution is 0.556. The van der Waals surface area contributed by atoms with Crippen LogP contribution < -0.4 is 0 Å². The highest BCUT2D eigenvalue weighted by atomic mass is 32.2. The van der Waals surface area contributed by atoms with Crippen LogP contribution in [0.3, 0.4) is 0 Å². The topological polar surface area (TPSA) is 54.9 Å². The van der Waals surface area contributed by atoms with Crippen LogP contribution in [0.2, 0.25) is 0 Å². The van der Waals surface area contributed by atoms with Crippen molar-refractivity contribution in [3.63, 3.8) is 0 Å². The molecule has 0 saturated heterocycles. The van der Waals surface area contributed by atoms with E-state index in [4.69, 9.17) is 4.42 Å². The van der Waals surface area contributed by atoms with Gasteiger partial charge < -0.3 is 4.42 Å². The Morgan fingerprint density at radius 2 is 2.00 bits per heavy atom. The Bertz CT molecular complexity index is 708. The maximum absolute atomic E-state index is 12.4. The highest BCUT2D eigenvalue weighted by Crippen LogP contribution is 2.30. The van der Waals surface area contributed by atoms with Gasteiger partial charge in [0.05, 0.1) is 26.6 Å². The number of hydrogen-bond donors (Lipinski definition) is 0. The van der Waals surface area contributed by atoms with Gasteiger partial charge in [-0.15, -0.1) is 0 Å². The summed E-state index contributed by atoms with van der Waals surface area (Å²) in [5, 5.41) is 0. The van der Waals surface area contributed by atoms with Crippen molar-refractivity contribution in [1.82, 2.24) is 0 Å². The molecule has 0 N–H and O–H groups in total. The zero-order valence-electron chi connectivity index (χ0n) is 9.16. The third kappa shape index (κ3) is 1.68. The molecule has 17 heavy (non-hydrogen) atoms. The van der Waals surface area contributed by atoms with Crippen molar-refractivity contribution in [3.05, 3.63) is 48.4 Å². The molecule has 0 aliphatic carbocycles. The SMILES string of the molecule is CS1(=O)=NC(c2ccco2)=Nc2ccccc21. The molecular formula is C12H10N2O2S. The predicted octanol–water partition coefficient (Wildman–Crippen LogP) is 2.83. The van der Waals surface area contributed by atoms with Crippen LogP contribution in [0, 0.1) is 0 Å². The molecule has 0 radical (unpaired) electrons. The highest BCUT2D eigenvalue weighted by Gasteiger charge is 2.20. The second kappa shape index (κ2) is 3.56. The Kier molecular flexibility index (Phi) is 2.16. The fraction of sp³-hybridized carbons (Fsp3) is 0.0833. The second-order valence-corrected chi connectivity index (χ2v) is 6.00. The first-order valence-corrected chi connectivity index (χ1v) is 7.03. The summed E-state index contributed by atoms with van der Waals surface area (Å²) in [6.45, 7) is 0. The van der Waals surface area contributed by atoms with Crippen molar-refractivity contribution >= 4 is 21.3 Å². The molecule has 2 aromatic rings. The Balaban J connectivity index is 2.28. The van der Waals surface area contributed by atoms with Gasteiger partial charge in [0.25, 0.3) is 0 Å². The molecule has 1 atom stereocenters. The summed E-state index contributed by atoms with van der Waals surface area (Å²) in [7, 11) is -2.43. The third-order valence-corrected chi connectivity index (χ3v) is 4.18. The van der Waals surface area contributed by atoms with Crippen LogP contribution in [0.15, 0.2) is 61.3 Å². The predicted molar refractivity (Wildman–Crippen MR) is 66.1 cm³/mol. The highest BCUT2D eigenvalue weighted by molar-refractivity contribution is 7.93. The van der Waals surface area contributed by atoms with Crippen LogP contribution in [0.4, 0.5) is 5.69 Å². The van der Waals surface area contributed by atoms with E-state index in [0.717, 1.165) is 0 Å². The van der Waals surface area contributed by atoms with Crippen molar-refractivity contribution in [2.24, 2.45) is 9.36 Å². The summed E-state index contributed by atoms with van der Waals surface area (Å²) in [5.74, 6) is 0.926. The van der Waals surface area contributed by atoms with Gasteiger partial charge in [-0.3, -0.25) is 0 Å². The van der Waals surface area contributed by atoms with Crippen molar-refractivity contribution in [3.8, 4) is 0 Å². The van der Waals surface area contributed by atoms with Crippen LogP contribution in [0.25, 0.3) is 0 Å². The maximum Gasteiger partial charge on any atom is 0.205 e. The van der Waals surface area contributed by atoms with E-state index in [1.807, 2.05) is 18.2 Å². The van der Waals surface area contributed by atoms with Gasteiger partial charge in [-0.25, -0.2) is 9.20 Å². The fourth-order valence-electron chi connectivity index (χ4n) is 1.72. The standard InChI is InChI=1S/C12H10N2O2S/c1-17(15)11-7-3-2-5-9(11)13-12(14-17)10-6-4-8-16-10/h2-8H,1H3. The van der Waals surface area contributed by atoms with Crippen LogP contribution in [-0.4, -0.2) is 16.3 Å². The van der Waals surface area contributed by atoms with E-state index in [9.17, 15) is 4.21 Å². The first-order chi connectivity index (χ1) is 8.17. The number of benzene rings is 1. The summed E-state index contributed by atoms with van der Waals surface area (Å²) in [6, 6.07) is 10.8. The van der Waals surface area contributed by atoms with Gasteiger partial charge in [0.1, 0.15) is 0 Å². The van der Waals surface area contributed by atoms with E-state index in [0.29, 0.717) is 22.2 Å². The summed E-state index contributed by atoms with van der Waals surface area (Å²) < 4.78 is 21.9. The average molecular weight is 246 g/mol. The molecule has 1 aliphatic heterocycles. The van der Waals surface area contributed by atoms with Gasteiger partial charge in [0.15, 0.2) is 5.76 Å².